The molecule has 4 aromatic rings. The van der Waals surface area contributed by atoms with E-state index in [4.69, 9.17) is 4.74 Å². The molecule has 3 N–H and O–H groups in total. The number of hydrogen-bond donors (Lipinski definition) is 3. The summed E-state index contributed by atoms with van der Waals surface area (Å²) >= 11 is 2.65. The van der Waals surface area contributed by atoms with Gasteiger partial charge in [0.1, 0.15) is 16.5 Å². The number of benzene rings is 3. The number of aromatic nitrogens is 2. The summed E-state index contributed by atoms with van der Waals surface area (Å²) in [5.74, 6) is -0.403. The number of nitrogens with zero attached hydrogens (tertiary/aromatic N) is 2. The molecular formula is C30H29N5O4S2. The second-order valence-electron chi connectivity index (χ2n) is 8.74. The highest BCUT2D eigenvalue weighted by Gasteiger charge is 2.18. The molecule has 0 saturated heterocycles. The summed E-state index contributed by atoms with van der Waals surface area (Å²) in [6, 6.07) is 23.0. The van der Waals surface area contributed by atoms with Gasteiger partial charge in [0.15, 0.2) is 0 Å². The van der Waals surface area contributed by atoms with Crippen molar-refractivity contribution < 1.29 is 19.1 Å². The van der Waals surface area contributed by atoms with Gasteiger partial charge in [-0.2, -0.15) is 0 Å². The van der Waals surface area contributed by atoms with Crippen molar-refractivity contribution in [2.45, 2.75) is 30.9 Å². The van der Waals surface area contributed by atoms with Gasteiger partial charge in [-0.15, -0.1) is 22.0 Å². The molecule has 0 aliphatic carbocycles. The van der Waals surface area contributed by atoms with E-state index in [1.165, 1.54) is 23.1 Å². The fourth-order valence-corrected chi connectivity index (χ4v) is 5.11. The molecule has 3 aromatic carbocycles. The molecule has 0 bridgehead atoms. The van der Waals surface area contributed by atoms with Crippen molar-refractivity contribution in [1.82, 2.24) is 15.5 Å². The van der Waals surface area contributed by atoms with Crippen LogP contribution in [0.3, 0.4) is 0 Å². The predicted octanol–water partition coefficient (Wildman–Crippen LogP) is 5.77. The predicted molar refractivity (Wildman–Crippen MR) is 163 cm³/mol. The maximum absolute atomic E-state index is 13.4. The molecule has 9 nitrogen and oxygen atoms in total. The van der Waals surface area contributed by atoms with Crippen molar-refractivity contribution in [2.75, 3.05) is 17.2 Å². The maximum atomic E-state index is 13.4. The lowest BCUT2D eigenvalue weighted by atomic mass is 10.1. The minimum absolute atomic E-state index is 0.0705. The minimum Gasteiger partial charge on any atom is -0.494 e. The van der Waals surface area contributed by atoms with Gasteiger partial charge in [0.05, 0.1) is 11.9 Å². The Morgan fingerprint density at radius 2 is 1.73 bits per heavy atom. The van der Waals surface area contributed by atoms with E-state index in [0.29, 0.717) is 34.3 Å². The third kappa shape index (κ3) is 8.75. The Labute approximate surface area is 246 Å². The molecule has 0 aliphatic rings. The first-order valence-electron chi connectivity index (χ1n) is 12.8. The number of ether oxygens (including phenoxy) is 1. The van der Waals surface area contributed by atoms with Crippen LogP contribution in [0.25, 0.3) is 6.08 Å². The van der Waals surface area contributed by atoms with Crippen LogP contribution in [0.2, 0.25) is 0 Å². The number of anilines is 2. The molecular weight excluding hydrogens is 558 g/mol. The molecule has 1 heterocycles. The van der Waals surface area contributed by atoms with Gasteiger partial charge in [-0.25, -0.2) is 0 Å². The Morgan fingerprint density at radius 1 is 0.976 bits per heavy atom. The van der Waals surface area contributed by atoms with E-state index in [-0.39, 0.29) is 11.6 Å². The van der Waals surface area contributed by atoms with Gasteiger partial charge in [-0.05, 0) is 74.9 Å². The highest BCUT2D eigenvalue weighted by Crippen LogP contribution is 2.27. The maximum Gasteiger partial charge on any atom is 0.272 e. The van der Waals surface area contributed by atoms with Gasteiger partial charge in [-0.1, -0.05) is 47.7 Å². The Kier molecular flexibility index (Phi) is 10.2. The van der Waals surface area contributed by atoms with E-state index in [1.54, 1.807) is 79.7 Å². The van der Waals surface area contributed by atoms with Crippen molar-refractivity contribution in [3.05, 3.63) is 101 Å². The second-order valence-corrected chi connectivity index (χ2v) is 11.3. The third-order valence-electron chi connectivity index (χ3n) is 5.56. The largest absolute Gasteiger partial charge is 0.494 e. The Bertz CT molecular complexity index is 1540. The van der Waals surface area contributed by atoms with Crippen LogP contribution in [0.4, 0.5) is 10.8 Å². The molecule has 1 atom stereocenters. The van der Waals surface area contributed by atoms with Gasteiger partial charge in [-0.3, -0.25) is 19.7 Å². The van der Waals surface area contributed by atoms with Crippen LogP contribution in [0.5, 0.6) is 5.75 Å². The summed E-state index contributed by atoms with van der Waals surface area (Å²) in [4.78, 5) is 39.7. The monoisotopic (exact) mass is 587 g/mol. The molecule has 210 valence electrons. The van der Waals surface area contributed by atoms with E-state index in [0.717, 1.165) is 9.90 Å². The average molecular weight is 588 g/mol. The number of nitrogens with one attached hydrogen (secondary N) is 3. The molecule has 0 spiro atoms. The van der Waals surface area contributed by atoms with Gasteiger partial charge in [0.25, 0.3) is 11.8 Å². The molecule has 11 heteroatoms. The zero-order chi connectivity index (χ0) is 29.2. The summed E-state index contributed by atoms with van der Waals surface area (Å²) in [6.07, 6.45) is 1.60. The van der Waals surface area contributed by atoms with Crippen LogP contribution >= 0.6 is 23.1 Å². The summed E-state index contributed by atoms with van der Waals surface area (Å²) in [6.45, 7) is 6.05. The SMILES string of the molecule is CCOc1ccc(/C=C(/NC(=O)c2ccccc2)C(=O)Nc2cccc(SC(C)C(=O)Nc3nnc(C)s3)c2)cc1. The molecule has 0 saturated carbocycles. The second kappa shape index (κ2) is 14.2. The van der Waals surface area contributed by atoms with Gasteiger partial charge < -0.3 is 15.4 Å². The van der Waals surface area contributed by atoms with Crippen molar-refractivity contribution in [3.8, 4) is 5.75 Å². The zero-order valence-electron chi connectivity index (χ0n) is 22.7. The van der Waals surface area contributed by atoms with Gasteiger partial charge in [0, 0.05) is 16.1 Å². The van der Waals surface area contributed by atoms with Crippen LogP contribution in [0.1, 0.15) is 34.8 Å². The number of hydrogen-bond acceptors (Lipinski definition) is 8. The smallest absolute Gasteiger partial charge is 0.272 e. The lowest BCUT2D eigenvalue weighted by Gasteiger charge is -2.13. The number of thioether (sulfide) groups is 1. The molecule has 1 aromatic heterocycles. The normalized spacial score (nSPS) is 11.8. The molecule has 0 fully saturated rings. The third-order valence-corrected chi connectivity index (χ3v) is 7.41. The number of rotatable bonds is 11. The van der Waals surface area contributed by atoms with Gasteiger partial charge in [0.2, 0.25) is 11.0 Å². The quantitative estimate of drug-likeness (QED) is 0.150. The summed E-state index contributed by atoms with van der Waals surface area (Å²) in [5.41, 5.74) is 1.72. The summed E-state index contributed by atoms with van der Waals surface area (Å²) in [7, 11) is 0. The molecule has 0 radical (unpaired) electrons. The minimum atomic E-state index is -0.497. The van der Waals surface area contributed by atoms with E-state index >= 15 is 0 Å². The van der Waals surface area contributed by atoms with Crippen LogP contribution in [-0.2, 0) is 9.59 Å². The topological polar surface area (TPSA) is 122 Å². The molecule has 0 aliphatic heterocycles. The lowest BCUT2D eigenvalue weighted by Crippen LogP contribution is -2.30. The average Bonchev–Trinajstić information content (AvgIpc) is 3.38. The van der Waals surface area contributed by atoms with E-state index in [9.17, 15) is 14.4 Å². The first-order chi connectivity index (χ1) is 19.8. The van der Waals surface area contributed by atoms with Crippen molar-refractivity contribution >= 4 is 57.7 Å². The fraction of sp³-hybridized carbons (Fsp3) is 0.167. The van der Waals surface area contributed by atoms with Crippen molar-refractivity contribution in [1.29, 1.82) is 0 Å². The van der Waals surface area contributed by atoms with Crippen molar-refractivity contribution in [2.24, 2.45) is 0 Å². The number of carbonyl (C=O) groups is 3. The van der Waals surface area contributed by atoms with Gasteiger partial charge >= 0.3 is 0 Å². The van der Waals surface area contributed by atoms with Crippen LogP contribution < -0.4 is 20.7 Å². The fourth-order valence-electron chi connectivity index (χ4n) is 3.59. The number of carbonyl (C=O) groups excluding carboxylic acids is 3. The van der Waals surface area contributed by atoms with Crippen LogP contribution in [0.15, 0.2) is 89.5 Å². The molecule has 4 rings (SSSR count). The molecule has 3 amide bonds. The van der Waals surface area contributed by atoms with E-state index in [1.807, 2.05) is 26.0 Å². The summed E-state index contributed by atoms with van der Waals surface area (Å²) < 4.78 is 5.50. The van der Waals surface area contributed by atoms with Crippen LogP contribution in [0, 0.1) is 6.92 Å². The lowest BCUT2D eigenvalue weighted by molar-refractivity contribution is -0.115. The standard InChI is InChI=1S/C30H29N5O4S2/c1-4-39-24-15-13-21(14-16-24)17-26(32-28(37)22-9-6-5-7-10-22)29(38)31-23-11-8-12-25(18-23)40-19(2)27(36)33-30-35-34-20(3)41-30/h5-19H,4H2,1-3H3,(H,31,38)(H,32,37)(H,33,35,36)/b26-17+. The Morgan fingerprint density at radius 3 is 2.41 bits per heavy atom. The number of aryl methyl sites for hydroxylation is 1. The summed E-state index contributed by atoms with van der Waals surface area (Å²) in [5, 5.41) is 17.0. The first kappa shape index (κ1) is 29.5. The molecule has 1 unspecified atom stereocenters. The zero-order valence-corrected chi connectivity index (χ0v) is 24.3. The Hall–Kier alpha value is -4.48. The highest BCUT2D eigenvalue weighted by molar-refractivity contribution is 8.00. The van der Waals surface area contributed by atoms with E-state index < -0.39 is 17.1 Å². The highest BCUT2D eigenvalue weighted by atomic mass is 32.2. The Balaban J connectivity index is 1.48. The number of amides is 3. The van der Waals surface area contributed by atoms with Crippen molar-refractivity contribution in [3.63, 3.8) is 0 Å². The first-order valence-corrected chi connectivity index (χ1v) is 14.5. The van der Waals surface area contributed by atoms with E-state index in [2.05, 4.69) is 26.1 Å². The van der Waals surface area contributed by atoms with Crippen LogP contribution in [-0.4, -0.2) is 39.8 Å². The molecule has 41 heavy (non-hydrogen) atoms.